The Bertz CT molecular complexity index is 1310. The number of anilines is 1. The van der Waals surface area contributed by atoms with Crippen LogP contribution >= 0.6 is 11.6 Å². The number of benzene rings is 3. The molecule has 4 rings (SSSR count). The molecule has 1 saturated heterocycles. The average molecular weight is 478 g/mol. The van der Waals surface area contributed by atoms with Crippen LogP contribution in [-0.4, -0.2) is 31.0 Å². The maximum atomic E-state index is 13.4. The van der Waals surface area contributed by atoms with Crippen molar-refractivity contribution in [3.8, 4) is 11.5 Å². The molecule has 1 aliphatic heterocycles. The third-order valence-electron chi connectivity index (χ3n) is 5.92. The first-order chi connectivity index (χ1) is 16.3. The summed E-state index contributed by atoms with van der Waals surface area (Å²) in [6.45, 7) is 3.84. The lowest BCUT2D eigenvalue weighted by molar-refractivity contribution is -0.132. The number of hydrogen-bond acceptors (Lipinski definition) is 5. The fourth-order valence-electron chi connectivity index (χ4n) is 4.22. The molecule has 34 heavy (non-hydrogen) atoms. The van der Waals surface area contributed by atoms with Crippen LogP contribution in [0.15, 0.2) is 66.2 Å². The number of nitrogens with zero attached hydrogens (tertiary/aromatic N) is 1. The van der Waals surface area contributed by atoms with Gasteiger partial charge in [-0.05, 0) is 61.4 Å². The molecule has 1 aliphatic rings. The topological polar surface area (TPSA) is 76.1 Å². The van der Waals surface area contributed by atoms with Crippen LogP contribution in [0.3, 0.4) is 0 Å². The van der Waals surface area contributed by atoms with E-state index in [4.69, 9.17) is 21.1 Å². The Morgan fingerprint density at radius 3 is 2.18 bits per heavy atom. The Balaban J connectivity index is 1.98. The SMILES string of the molecule is COc1ccc(C2/C(=C(\O)c3cc(OC)ccc3Cl)C(=O)C(=O)N2c2ccc(C)cc2C)cc1. The van der Waals surface area contributed by atoms with E-state index in [0.717, 1.165) is 11.1 Å². The molecule has 0 radical (unpaired) electrons. The summed E-state index contributed by atoms with van der Waals surface area (Å²) in [6.07, 6.45) is 0. The van der Waals surface area contributed by atoms with Crippen LogP contribution in [-0.2, 0) is 9.59 Å². The quantitative estimate of drug-likeness (QED) is 0.294. The van der Waals surface area contributed by atoms with Gasteiger partial charge in [0.25, 0.3) is 11.7 Å². The normalized spacial score (nSPS) is 17.2. The van der Waals surface area contributed by atoms with Gasteiger partial charge in [0.2, 0.25) is 0 Å². The Kier molecular flexibility index (Phi) is 6.35. The van der Waals surface area contributed by atoms with Crippen LogP contribution in [0.1, 0.15) is 28.3 Å². The second-order valence-electron chi connectivity index (χ2n) is 8.08. The molecule has 1 heterocycles. The number of rotatable bonds is 5. The summed E-state index contributed by atoms with van der Waals surface area (Å²) in [5.41, 5.74) is 3.25. The molecule has 3 aromatic carbocycles. The number of aliphatic hydroxyl groups excluding tert-OH is 1. The maximum Gasteiger partial charge on any atom is 0.300 e. The number of ketones is 1. The molecule has 1 N–H and O–H groups in total. The predicted octanol–water partition coefficient (Wildman–Crippen LogP) is 5.60. The molecule has 0 saturated carbocycles. The first-order valence-corrected chi connectivity index (χ1v) is 11.0. The molecule has 3 aromatic rings. The van der Waals surface area contributed by atoms with Crippen LogP contribution in [0.4, 0.5) is 5.69 Å². The van der Waals surface area contributed by atoms with E-state index in [1.165, 1.54) is 18.1 Å². The highest BCUT2D eigenvalue weighted by molar-refractivity contribution is 6.52. The first kappa shape index (κ1) is 23.4. The van der Waals surface area contributed by atoms with Crippen molar-refractivity contribution in [3.63, 3.8) is 0 Å². The van der Waals surface area contributed by atoms with Gasteiger partial charge in [-0.2, -0.15) is 0 Å². The minimum atomic E-state index is -0.866. The predicted molar refractivity (Wildman–Crippen MR) is 132 cm³/mol. The lowest BCUT2D eigenvalue weighted by Crippen LogP contribution is -2.30. The molecule has 6 nitrogen and oxygen atoms in total. The molecule has 1 amide bonds. The fourth-order valence-corrected chi connectivity index (χ4v) is 4.42. The molecule has 0 aliphatic carbocycles. The Labute approximate surface area is 203 Å². The summed E-state index contributed by atoms with van der Waals surface area (Å²) in [5.74, 6) is -0.806. The summed E-state index contributed by atoms with van der Waals surface area (Å²) < 4.78 is 10.5. The molecule has 0 aromatic heterocycles. The third-order valence-corrected chi connectivity index (χ3v) is 6.25. The summed E-state index contributed by atoms with van der Waals surface area (Å²) >= 11 is 6.36. The zero-order valence-electron chi connectivity index (χ0n) is 19.3. The minimum Gasteiger partial charge on any atom is -0.507 e. The van der Waals surface area contributed by atoms with Crippen molar-refractivity contribution in [2.24, 2.45) is 0 Å². The summed E-state index contributed by atoms with van der Waals surface area (Å²) in [5, 5.41) is 11.6. The van der Waals surface area contributed by atoms with Gasteiger partial charge in [0.15, 0.2) is 0 Å². The van der Waals surface area contributed by atoms with E-state index in [0.29, 0.717) is 22.7 Å². The monoisotopic (exact) mass is 477 g/mol. The van der Waals surface area contributed by atoms with Crippen LogP contribution in [0.2, 0.25) is 5.02 Å². The minimum absolute atomic E-state index is 0.0507. The zero-order valence-corrected chi connectivity index (χ0v) is 20.0. The molecule has 1 fully saturated rings. The zero-order chi connectivity index (χ0) is 24.6. The number of halogens is 1. The van der Waals surface area contributed by atoms with Gasteiger partial charge >= 0.3 is 0 Å². The second-order valence-corrected chi connectivity index (χ2v) is 8.49. The highest BCUT2D eigenvalue weighted by Gasteiger charge is 2.47. The van der Waals surface area contributed by atoms with Crippen molar-refractivity contribution in [3.05, 3.63) is 93.5 Å². The van der Waals surface area contributed by atoms with E-state index < -0.39 is 17.7 Å². The summed E-state index contributed by atoms with van der Waals surface area (Å²) in [4.78, 5) is 28.1. The van der Waals surface area contributed by atoms with Gasteiger partial charge in [0.05, 0.1) is 30.9 Å². The third kappa shape index (κ3) is 4.01. The molecule has 0 spiro atoms. The summed E-state index contributed by atoms with van der Waals surface area (Å²) in [7, 11) is 3.05. The van der Waals surface area contributed by atoms with Crippen molar-refractivity contribution in [1.82, 2.24) is 0 Å². The molecule has 1 unspecified atom stereocenters. The molecule has 0 bridgehead atoms. The van der Waals surface area contributed by atoms with Crippen LogP contribution in [0, 0.1) is 13.8 Å². The maximum absolute atomic E-state index is 13.4. The van der Waals surface area contributed by atoms with Gasteiger partial charge < -0.3 is 14.6 Å². The van der Waals surface area contributed by atoms with Crippen molar-refractivity contribution >= 4 is 34.7 Å². The second kappa shape index (κ2) is 9.23. The number of ether oxygens (including phenoxy) is 2. The van der Waals surface area contributed by atoms with Gasteiger partial charge in [-0.3, -0.25) is 14.5 Å². The molecule has 1 atom stereocenters. The van der Waals surface area contributed by atoms with E-state index in [1.54, 1.807) is 43.5 Å². The average Bonchev–Trinajstić information content (AvgIpc) is 3.09. The van der Waals surface area contributed by atoms with Crippen molar-refractivity contribution in [2.75, 3.05) is 19.1 Å². The van der Waals surface area contributed by atoms with E-state index in [9.17, 15) is 14.7 Å². The van der Waals surface area contributed by atoms with Gasteiger partial charge in [0, 0.05) is 11.3 Å². The Hall–Kier alpha value is -3.77. The number of aryl methyl sites for hydroxylation is 2. The number of hydrogen-bond donors (Lipinski definition) is 1. The molecular weight excluding hydrogens is 454 g/mol. The number of Topliss-reactive ketones (excluding diaryl/α,β-unsaturated/α-hetero) is 1. The lowest BCUT2D eigenvalue weighted by Gasteiger charge is -2.27. The number of aliphatic hydroxyl groups is 1. The largest absolute Gasteiger partial charge is 0.507 e. The van der Waals surface area contributed by atoms with E-state index in [1.807, 2.05) is 32.0 Å². The standard InChI is InChI=1S/C27H24ClNO5/c1-15-5-12-22(16(2)13-15)29-24(17-6-8-18(33-3)9-7-17)23(26(31)27(29)32)25(30)20-14-19(34-4)10-11-21(20)28/h5-14,24,30H,1-4H3/b25-23+. The van der Waals surface area contributed by atoms with E-state index >= 15 is 0 Å². The van der Waals surface area contributed by atoms with Crippen LogP contribution in [0.25, 0.3) is 5.76 Å². The number of methoxy groups -OCH3 is 2. The number of carbonyl (C=O) groups is 2. The Morgan fingerprint density at radius 2 is 1.56 bits per heavy atom. The number of carbonyl (C=O) groups excluding carboxylic acids is 2. The highest BCUT2D eigenvalue weighted by Crippen LogP contribution is 2.44. The van der Waals surface area contributed by atoms with E-state index in [-0.39, 0.29) is 21.9 Å². The van der Waals surface area contributed by atoms with E-state index in [2.05, 4.69) is 0 Å². The van der Waals surface area contributed by atoms with Crippen LogP contribution < -0.4 is 14.4 Å². The fraction of sp³-hybridized carbons (Fsp3) is 0.185. The van der Waals surface area contributed by atoms with Gasteiger partial charge in [0.1, 0.15) is 17.3 Å². The van der Waals surface area contributed by atoms with Crippen molar-refractivity contribution < 1.29 is 24.2 Å². The van der Waals surface area contributed by atoms with Crippen molar-refractivity contribution in [1.29, 1.82) is 0 Å². The van der Waals surface area contributed by atoms with Crippen molar-refractivity contribution in [2.45, 2.75) is 19.9 Å². The molecule has 7 heteroatoms. The van der Waals surface area contributed by atoms with Gasteiger partial charge in [-0.1, -0.05) is 41.4 Å². The number of amides is 1. The molecular formula is C27H24ClNO5. The molecule has 174 valence electrons. The van der Waals surface area contributed by atoms with Gasteiger partial charge in [-0.15, -0.1) is 0 Å². The highest BCUT2D eigenvalue weighted by atomic mass is 35.5. The first-order valence-electron chi connectivity index (χ1n) is 10.6. The Morgan fingerprint density at radius 1 is 0.912 bits per heavy atom. The lowest BCUT2D eigenvalue weighted by atomic mass is 9.94. The summed E-state index contributed by atoms with van der Waals surface area (Å²) in [6, 6.07) is 16.6. The smallest absolute Gasteiger partial charge is 0.300 e. The van der Waals surface area contributed by atoms with Gasteiger partial charge in [-0.25, -0.2) is 0 Å². The van der Waals surface area contributed by atoms with Crippen LogP contribution in [0.5, 0.6) is 11.5 Å².